The molecule has 0 radical (unpaired) electrons. The number of hydrogen-bond donors (Lipinski definition) is 2. The summed E-state index contributed by atoms with van der Waals surface area (Å²) >= 11 is 3.33. The lowest BCUT2D eigenvalue weighted by Crippen LogP contribution is -2.39. The molecular weight excluding hydrogens is 376 g/mol. The van der Waals surface area contributed by atoms with Gasteiger partial charge in [0, 0.05) is 12.6 Å². The van der Waals surface area contributed by atoms with E-state index in [1.807, 2.05) is 23.6 Å². The summed E-state index contributed by atoms with van der Waals surface area (Å²) in [5.41, 5.74) is 2.95. The molecule has 2 aliphatic rings. The van der Waals surface area contributed by atoms with Gasteiger partial charge < -0.3 is 10.2 Å². The fourth-order valence-electron chi connectivity index (χ4n) is 4.27. The lowest BCUT2D eigenvalue weighted by Gasteiger charge is -2.29. The summed E-state index contributed by atoms with van der Waals surface area (Å²) < 4.78 is 0. The number of carbonyl (C=O) groups excluding carboxylic acids is 1. The van der Waals surface area contributed by atoms with Crippen molar-refractivity contribution >= 4 is 28.6 Å². The third-order valence-corrected chi connectivity index (χ3v) is 7.53. The molecule has 4 heterocycles. The normalized spacial score (nSPS) is 20.7. The molecule has 1 aliphatic heterocycles. The van der Waals surface area contributed by atoms with Crippen molar-refractivity contribution in [1.29, 1.82) is 0 Å². The summed E-state index contributed by atoms with van der Waals surface area (Å²) in [6.45, 7) is 2.78. The fraction of sp³-hybridized carbons (Fsp3) is 0.400. The van der Waals surface area contributed by atoms with Gasteiger partial charge in [0.2, 0.25) is 0 Å². The first-order valence-electron chi connectivity index (χ1n) is 9.37. The minimum absolute atomic E-state index is 0.0423. The maximum Gasteiger partial charge on any atom is 0.274 e. The van der Waals surface area contributed by atoms with Crippen LogP contribution in [0.2, 0.25) is 0 Å². The second-order valence-electron chi connectivity index (χ2n) is 7.54. The van der Waals surface area contributed by atoms with E-state index in [9.17, 15) is 4.79 Å². The van der Waals surface area contributed by atoms with E-state index in [4.69, 9.17) is 0 Å². The summed E-state index contributed by atoms with van der Waals surface area (Å²) in [6.07, 6.45) is 3.44. The molecule has 1 amide bonds. The van der Waals surface area contributed by atoms with Crippen LogP contribution in [0.25, 0.3) is 10.6 Å². The maximum atomic E-state index is 13.4. The first-order chi connectivity index (χ1) is 13.3. The molecule has 0 aromatic carbocycles. The SMILES string of the molecule is O=C(c1cc(-c2cccs2)[nH]n1)N(Cc1ccsc1)C1CC12CCNCC2. The van der Waals surface area contributed by atoms with E-state index in [1.54, 1.807) is 22.7 Å². The molecule has 1 saturated heterocycles. The molecule has 140 valence electrons. The van der Waals surface area contributed by atoms with Gasteiger partial charge in [0.1, 0.15) is 0 Å². The topological polar surface area (TPSA) is 61.0 Å². The smallest absolute Gasteiger partial charge is 0.274 e. The van der Waals surface area contributed by atoms with Crippen LogP contribution in [-0.4, -0.2) is 40.1 Å². The van der Waals surface area contributed by atoms with Crippen molar-refractivity contribution in [1.82, 2.24) is 20.4 Å². The molecule has 1 saturated carbocycles. The van der Waals surface area contributed by atoms with Gasteiger partial charge in [0.15, 0.2) is 5.69 Å². The van der Waals surface area contributed by atoms with E-state index in [0.717, 1.165) is 42.9 Å². The minimum atomic E-state index is 0.0423. The van der Waals surface area contributed by atoms with Crippen LogP contribution in [0.5, 0.6) is 0 Å². The van der Waals surface area contributed by atoms with Crippen molar-refractivity contribution in [2.45, 2.75) is 31.8 Å². The first kappa shape index (κ1) is 17.2. The number of hydrogen-bond acceptors (Lipinski definition) is 5. The van der Waals surface area contributed by atoms with E-state index >= 15 is 0 Å². The molecule has 1 unspecified atom stereocenters. The van der Waals surface area contributed by atoms with E-state index in [-0.39, 0.29) is 5.91 Å². The van der Waals surface area contributed by atoms with Gasteiger partial charge in [-0.1, -0.05) is 6.07 Å². The highest BCUT2D eigenvalue weighted by Crippen LogP contribution is 2.56. The van der Waals surface area contributed by atoms with Crippen molar-refractivity contribution in [3.05, 3.63) is 51.7 Å². The molecule has 5 rings (SSSR count). The van der Waals surface area contributed by atoms with Crippen LogP contribution in [0, 0.1) is 5.41 Å². The van der Waals surface area contributed by atoms with Crippen LogP contribution in [0.1, 0.15) is 35.3 Å². The van der Waals surface area contributed by atoms with Crippen molar-refractivity contribution in [3.63, 3.8) is 0 Å². The number of piperidine rings is 1. The second kappa shape index (κ2) is 6.89. The van der Waals surface area contributed by atoms with Crippen LogP contribution < -0.4 is 5.32 Å². The standard InChI is InChI=1S/C20H22N4OS2/c25-19(16-10-15(22-23-16)17-2-1-8-27-17)24(12-14-3-9-26-13-14)18-11-20(18)4-6-21-7-5-20/h1-3,8-10,13,18,21H,4-7,11-12H2,(H,22,23). The maximum absolute atomic E-state index is 13.4. The Kier molecular flexibility index (Phi) is 4.38. The molecule has 5 nitrogen and oxygen atoms in total. The predicted octanol–water partition coefficient (Wildman–Crippen LogP) is 3.98. The Labute approximate surface area is 166 Å². The fourth-order valence-corrected chi connectivity index (χ4v) is 5.62. The van der Waals surface area contributed by atoms with Crippen LogP contribution in [-0.2, 0) is 6.54 Å². The zero-order chi connectivity index (χ0) is 18.3. The molecule has 1 spiro atoms. The molecular formula is C20H22N4OS2. The molecule has 0 bridgehead atoms. The summed E-state index contributed by atoms with van der Waals surface area (Å²) in [5.74, 6) is 0.0423. The van der Waals surface area contributed by atoms with Crippen molar-refractivity contribution in [2.24, 2.45) is 5.41 Å². The molecule has 3 aromatic heterocycles. The van der Waals surface area contributed by atoms with E-state index < -0.39 is 0 Å². The molecule has 2 fully saturated rings. The molecule has 1 aliphatic carbocycles. The lowest BCUT2D eigenvalue weighted by atomic mass is 9.93. The van der Waals surface area contributed by atoms with Gasteiger partial charge in [0.25, 0.3) is 5.91 Å². The third kappa shape index (κ3) is 3.24. The van der Waals surface area contributed by atoms with Crippen LogP contribution in [0.3, 0.4) is 0 Å². The average Bonchev–Trinajstić information content (AvgIpc) is 3.25. The second-order valence-corrected chi connectivity index (χ2v) is 9.27. The van der Waals surface area contributed by atoms with Crippen LogP contribution >= 0.6 is 22.7 Å². The lowest BCUT2D eigenvalue weighted by molar-refractivity contribution is 0.0686. The number of rotatable bonds is 5. The number of nitrogens with zero attached hydrogens (tertiary/aromatic N) is 2. The zero-order valence-corrected chi connectivity index (χ0v) is 16.6. The number of amides is 1. The van der Waals surface area contributed by atoms with Crippen LogP contribution in [0.4, 0.5) is 0 Å². The van der Waals surface area contributed by atoms with Crippen molar-refractivity contribution < 1.29 is 4.79 Å². The number of H-pyrrole nitrogens is 1. The zero-order valence-electron chi connectivity index (χ0n) is 15.0. The van der Waals surface area contributed by atoms with Gasteiger partial charge >= 0.3 is 0 Å². The van der Waals surface area contributed by atoms with Gasteiger partial charge in [-0.05, 0) is 77.7 Å². The number of aromatic nitrogens is 2. The van der Waals surface area contributed by atoms with Gasteiger partial charge in [-0.3, -0.25) is 9.89 Å². The minimum Gasteiger partial charge on any atom is -0.329 e. The molecule has 1 atom stereocenters. The number of carbonyl (C=O) groups is 1. The Bertz CT molecular complexity index is 910. The van der Waals surface area contributed by atoms with E-state index in [0.29, 0.717) is 23.7 Å². The van der Waals surface area contributed by atoms with E-state index in [2.05, 4.69) is 37.2 Å². The molecule has 2 N–H and O–H groups in total. The summed E-state index contributed by atoms with van der Waals surface area (Å²) in [7, 11) is 0. The molecule has 27 heavy (non-hydrogen) atoms. The van der Waals surface area contributed by atoms with Gasteiger partial charge in [-0.15, -0.1) is 11.3 Å². The Balaban J connectivity index is 1.41. The predicted molar refractivity (Wildman–Crippen MR) is 109 cm³/mol. The number of thiophene rings is 2. The van der Waals surface area contributed by atoms with Gasteiger partial charge in [0.05, 0.1) is 10.6 Å². The highest BCUT2D eigenvalue weighted by Gasteiger charge is 2.57. The quantitative estimate of drug-likeness (QED) is 0.683. The highest BCUT2D eigenvalue weighted by molar-refractivity contribution is 7.13. The average molecular weight is 399 g/mol. The number of aromatic amines is 1. The largest absolute Gasteiger partial charge is 0.329 e. The Hall–Kier alpha value is -1.96. The van der Waals surface area contributed by atoms with Gasteiger partial charge in [-0.25, -0.2) is 0 Å². The molecule has 7 heteroatoms. The van der Waals surface area contributed by atoms with Crippen molar-refractivity contribution in [2.75, 3.05) is 13.1 Å². The third-order valence-electron chi connectivity index (χ3n) is 5.90. The van der Waals surface area contributed by atoms with Crippen molar-refractivity contribution in [3.8, 4) is 10.6 Å². The number of nitrogens with one attached hydrogen (secondary N) is 2. The summed E-state index contributed by atoms with van der Waals surface area (Å²) in [5, 5.41) is 17.1. The molecule has 3 aromatic rings. The summed E-state index contributed by atoms with van der Waals surface area (Å²) in [4.78, 5) is 16.6. The Morgan fingerprint density at radius 1 is 1.30 bits per heavy atom. The van der Waals surface area contributed by atoms with E-state index in [1.165, 1.54) is 5.56 Å². The van der Waals surface area contributed by atoms with Crippen LogP contribution in [0.15, 0.2) is 40.4 Å². The summed E-state index contributed by atoms with van der Waals surface area (Å²) in [6, 6.07) is 8.39. The van der Waals surface area contributed by atoms with Gasteiger partial charge in [-0.2, -0.15) is 16.4 Å². The monoisotopic (exact) mass is 398 g/mol. The Morgan fingerprint density at radius 2 is 2.19 bits per heavy atom. The highest BCUT2D eigenvalue weighted by atomic mass is 32.1. The first-order valence-corrected chi connectivity index (χ1v) is 11.2. The Morgan fingerprint density at radius 3 is 2.93 bits per heavy atom.